The third-order valence-corrected chi connectivity index (χ3v) is 4.56. The number of aryl methyl sites for hydroxylation is 1. The number of ether oxygens (including phenoxy) is 1. The van der Waals surface area contributed by atoms with E-state index in [1.165, 1.54) is 5.69 Å². The number of anilines is 1. The highest BCUT2D eigenvalue weighted by molar-refractivity contribution is 14.0. The molecule has 1 aromatic carbocycles. The number of guanidine groups is 1. The Morgan fingerprint density at radius 2 is 1.90 bits per heavy atom. The van der Waals surface area contributed by atoms with Crippen LogP contribution in [0.2, 0.25) is 0 Å². The van der Waals surface area contributed by atoms with Gasteiger partial charge in [0.15, 0.2) is 11.8 Å². The lowest BCUT2D eigenvalue weighted by molar-refractivity contribution is 0.203. The number of nitrogens with one attached hydrogen (secondary N) is 2. The summed E-state index contributed by atoms with van der Waals surface area (Å²) in [5.74, 6) is 2.49. The van der Waals surface area contributed by atoms with Crippen molar-refractivity contribution in [3.8, 4) is 0 Å². The van der Waals surface area contributed by atoms with Crippen molar-refractivity contribution < 1.29 is 4.74 Å². The molecule has 2 N–H and O–H groups in total. The Hall–Kier alpha value is -1.88. The fourth-order valence-corrected chi connectivity index (χ4v) is 2.77. The molecule has 0 radical (unpaired) electrons. The van der Waals surface area contributed by atoms with Crippen molar-refractivity contribution in [1.82, 2.24) is 25.4 Å². The van der Waals surface area contributed by atoms with Gasteiger partial charge >= 0.3 is 0 Å². The highest BCUT2D eigenvalue weighted by Gasteiger charge is 2.06. The number of rotatable bonds is 11. The van der Waals surface area contributed by atoms with Gasteiger partial charge in [-0.15, -0.1) is 34.2 Å². The van der Waals surface area contributed by atoms with E-state index >= 15 is 0 Å². The second-order valence-corrected chi connectivity index (χ2v) is 6.50. The topological polar surface area (TPSA) is 79.6 Å². The molecular formula is C20H34IN7O. The van der Waals surface area contributed by atoms with Crippen LogP contribution in [0.1, 0.15) is 25.0 Å². The normalized spacial score (nSPS) is 11.1. The molecule has 9 heteroatoms. The van der Waals surface area contributed by atoms with Crippen LogP contribution in [0.25, 0.3) is 0 Å². The van der Waals surface area contributed by atoms with Crippen molar-refractivity contribution in [1.29, 1.82) is 0 Å². The fourth-order valence-electron chi connectivity index (χ4n) is 2.77. The summed E-state index contributed by atoms with van der Waals surface area (Å²) in [5, 5.41) is 14.9. The van der Waals surface area contributed by atoms with Crippen LogP contribution in [-0.2, 0) is 18.3 Å². The number of hydrogen-bond donors (Lipinski definition) is 2. The van der Waals surface area contributed by atoms with Crippen molar-refractivity contribution in [2.45, 2.75) is 26.8 Å². The van der Waals surface area contributed by atoms with E-state index in [-0.39, 0.29) is 24.0 Å². The summed E-state index contributed by atoms with van der Waals surface area (Å²) in [6, 6.07) is 10.5. The Morgan fingerprint density at radius 1 is 1.17 bits per heavy atom. The minimum Gasteiger partial charge on any atom is -0.383 e. The van der Waals surface area contributed by atoms with E-state index in [1.54, 1.807) is 7.11 Å². The van der Waals surface area contributed by atoms with E-state index in [4.69, 9.17) is 4.74 Å². The Balaban J connectivity index is 0.00000420. The lowest BCUT2D eigenvalue weighted by Crippen LogP contribution is -2.40. The predicted molar refractivity (Wildman–Crippen MR) is 129 cm³/mol. The zero-order chi connectivity index (χ0) is 20.2. The van der Waals surface area contributed by atoms with Gasteiger partial charge in [-0.3, -0.25) is 0 Å². The molecule has 29 heavy (non-hydrogen) atoms. The lowest BCUT2D eigenvalue weighted by atomic mass is 10.2. The van der Waals surface area contributed by atoms with Gasteiger partial charge in [0.25, 0.3) is 0 Å². The fraction of sp³-hybridized carbons (Fsp3) is 0.550. The van der Waals surface area contributed by atoms with Crippen LogP contribution in [0, 0.1) is 6.92 Å². The van der Waals surface area contributed by atoms with Crippen molar-refractivity contribution in [2.75, 3.05) is 44.8 Å². The maximum Gasteiger partial charge on any atom is 0.191 e. The van der Waals surface area contributed by atoms with E-state index in [2.05, 4.69) is 61.9 Å². The number of para-hydroxylation sites is 1. The zero-order valence-electron chi connectivity index (χ0n) is 17.9. The third kappa shape index (κ3) is 8.57. The number of hydrogen-bond acceptors (Lipinski definition) is 5. The third-order valence-electron chi connectivity index (χ3n) is 4.56. The van der Waals surface area contributed by atoms with E-state index in [0.717, 1.165) is 43.7 Å². The summed E-state index contributed by atoms with van der Waals surface area (Å²) in [7, 11) is 3.64. The van der Waals surface area contributed by atoms with Gasteiger partial charge < -0.3 is 24.8 Å². The molecule has 0 atom stereocenters. The van der Waals surface area contributed by atoms with Gasteiger partial charge in [0.1, 0.15) is 12.4 Å². The van der Waals surface area contributed by atoms with Gasteiger partial charge in [-0.05, 0) is 32.4 Å². The summed E-state index contributed by atoms with van der Waals surface area (Å²) in [4.78, 5) is 7.01. The van der Waals surface area contributed by atoms with Crippen LogP contribution in [0.3, 0.4) is 0 Å². The van der Waals surface area contributed by atoms with E-state index in [9.17, 15) is 0 Å². The van der Waals surface area contributed by atoms with E-state index in [0.29, 0.717) is 19.7 Å². The van der Waals surface area contributed by atoms with Gasteiger partial charge in [0.05, 0.1) is 6.61 Å². The molecule has 0 spiro atoms. The average molecular weight is 515 g/mol. The number of aromatic nitrogens is 3. The molecule has 0 fully saturated rings. The Labute approximate surface area is 191 Å². The summed E-state index contributed by atoms with van der Waals surface area (Å²) in [6.45, 7) is 8.73. The monoisotopic (exact) mass is 515 g/mol. The predicted octanol–water partition coefficient (Wildman–Crippen LogP) is 2.34. The first-order valence-corrected chi connectivity index (χ1v) is 9.81. The van der Waals surface area contributed by atoms with E-state index in [1.807, 2.05) is 24.6 Å². The number of methoxy groups -OCH3 is 1. The van der Waals surface area contributed by atoms with Crippen LogP contribution >= 0.6 is 24.0 Å². The molecule has 0 aliphatic carbocycles. The molecule has 0 saturated heterocycles. The number of aliphatic imine (C=N–C) groups is 1. The molecule has 0 aliphatic rings. The standard InChI is InChI=1S/C20H33N7O.HI/c1-5-27(18-10-7-6-8-11-18)14-9-12-21-20(22-13-15-28-4)23-16-19-25-24-17(2)26(19)3;/h6-8,10-11H,5,9,12-16H2,1-4H3,(H2,21,22,23);1H. The molecule has 0 aliphatic heterocycles. The first-order valence-electron chi connectivity index (χ1n) is 9.81. The molecule has 2 aromatic rings. The number of benzene rings is 1. The summed E-state index contributed by atoms with van der Waals surface area (Å²) >= 11 is 0. The van der Waals surface area contributed by atoms with E-state index < -0.39 is 0 Å². The smallest absolute Gasteiger partial charge is 0.191 e. The summed E-state index contributed by atoms with van der Waals surface area (Å²) < 4.78 is 7.07. The average Bonchev–Trinajstić information content (AvgIpc) is 3.04. The van der Waals surface area contributed by atoms with Crippen molar-refractivity contribution in [2.24, 2.45) is 12.0 Å². The highest BCUT2D eigenvalue weighted by atomic mass is 127. The molecular weight excluding hydrogens is 481 g/mol. The highest BCUT2D eigenvalue weighted by Crippen LogP contribution is 2.12. The molecule has 0 bridgehead atoms. The zero-order valence-corrected chi connectivity index (χ0v) is 20.2. The van der Waals surface area contributed by atoms with Crippen LogP contribution in [0.5, 0.6) is 0 Å². The summed E-state index contributed by atoms with van der Waals surface area (Å²) in [6.07, 6.45) is 1.01. The maximum absolute atomic E-state index is 5.12. The van der Waals surface area contributed by atoms with Crippen molar-refractivity contribution in [3.05, 3.63) is 42.0 Å². The summed E-state index contributed by atoms with van der Waals surface area (Å²) in [5.41, 5.74) is 1.26. The molecule has 1 aromatic heterocycles. The van der Waals surface area contributed by atoms with Gasteiger partial charge in [0.2, 0.25) is 0 Å². The second kappa shape index (κ2) is 14.2. The maximum atomic E-state index is 5.12. The van der Waals surface area contributed by atoms with Gasteiger partial charge in [-0.2, -0.15) is 0 Å². The SMILES string of the molecule is CCN(CCCNC(=NCc1nnc(C)n1C)NCCOC)c1ccccc1.I. The molecule has 162 valence electrons. The van der Waals surface area contributed by atoms with Crippen LogP contribution < -0.4 is 15.5 Å². The van der Waals surface area contributed by atoms with Crippen molar-refractivity contribution >= 4 is 35.6 Å². The number of halogens is 1. The van der Waals surface area contributed by atoms with Gasteiger partial charge in [-0.1, -0.05) is 18.2 Å². The Kier molecular flexibility index (Phi) is 12.3. The first-order chi connectivity index (χ1) is 13.7. The minimum atomic E-state index is 0. The molecule has 1 heterocycles. The van der Waals surface area contributed by atoms with Crippen molar-refractivity contribution in [3.63, 3.8) is 0 Å². The van der Waals surface area contributed by atoms with Gasteiger partial charge in [-0.25, -0.2) is 4.99 Å². The van der Waals surface area contributed by atoms with Crippen LogP contribution in [0.4, 0.5) is 5.69 Å². The largest absolute Gasteiger partial charge is 0.383 e. The molecule has 2 rings (SSSR count). The quantitative estimate of drug-likeness (QED) is 0.207. The minimum absolute atomic E-state index is 0. The Morgan fingerprint density at radius 3 is 2.52 bits per heavy atom. The number of nitrogens with zero attached hydrogens (tertiary/aromatic N) is 5. The second-order valence-electron chi connectivity index (χ2n) is 6.50. The first kappa shape index (κ1) is 25.2. The molecule has 0 amide bonds. The Bertz CT molecular complexity index is 721. The van der Waals surface area contributed by atoms with Crippen LogP contribution in [0.15, 0.2) is 35.3 Å². The molecule has 8 nitrogen and oxygen atoms in total. The molecule has 0 saturated carbocycles. The van der Waals surface area contributed by atoms with Gasteiger partial charge in [0, 0.05) is 46.0 Å². The lowest BCUT2D eigenvalue weighted by Gasteiger charge is -2.23. The molecule has 0 unspecified atom stereocenters. The van der Waals surface area contributed by atoms with Crippen LogP contribution in [-0.4, -0.2) is 60.6 Å².